The van der Waals surface area contributed by atoms with Gasteiger partial charge in [0.25, 0.3) is 5.91 Å². The number of benzene rings is 1. The molecule has 0 spiro atoms. The van der Waals surface area contributed by atoms with Gasteiger partial charge >= 0.3 is 0 Å². The fourth-order valence-corrected chi connectivity index (χ4v) is 3.87. The van der Waals surface area contributed by atoms with E-state index in [1.54, 1.807) is 7.11 Å². The van der Waals surface area contributed by atoms with Crippen molar-refractivity contribution in [2.75, 3.05) is 13.7 Å². The maximum atomic E-state index is 12.7. The van der Waals surface area contributed by atoms with E-state index in [0.29, 0.717) is 17.4 Å². The van der Waals surface area contributed by atoms with Gasteiger partial charge in [0, 0.05) is 17.1 Å². The first-order valence-electron chi connectivity index (χ1n) is 6.38. The average Bonchev–Trinajstić information content (AvgIpc) is 2.37. The molecule has 0 aromatic heterocycles. The van der Waals surface area contributed by atoms with Crippen LogP contribution in [0.15, 0.2) is 21.1 Å². The van der Waals surface area contributed by atoms with Crippen LogP contribution in [0, 0.1) is 0 Å². The minimum Gasteiger partial charge on any atom is -0.495 e. The van der Waals surface area contributed by atoms with Crippen molar-refractivity contribution in [2.24, 2.45) is 0 Å². The number of piperidine rings is 1. The number of nitrogens with zero attached hydrogens (tertiary/aromatic N) is 1. The zero-order valence-corrected chi connectivity index (χ0v) is 14.3. The van der Waals surface area contributed by atoms with E-state index >= 15 is 0 Å². The molecule has 0 bridgehead atoms. The summed E-state index contributed by atoms with van der Waals surface area (Å²) in [6.45, 7) is 2.93. The van der Waals surface area contributed by atoms with Gasteiger partial charge in [0.2, 0.25) is 0 Å². The molecule has 0 saturated carbocycles. The summed E-state index contributed by atoms with van der Waals surface area (Å²) in [4.78, 5) is 14.6. The van der Waals surface area contributed by atoms with Gasteiger partial charge in [0.15, 0.2) is 0 Å². The number of methoxy groups -OCH3 is 1. The maximum absolute atomic E-state index is 12.7. The fourth-order valence-electron chi connectivity index (χ4n) is 2.48. The van der Waals surface area contributed by atoms with Gasteiger partial charge in [-0.15, -0.1) is 0 Å². The van der Waals surface area contributed by atoms with E-state index in [0.717, 1.165) is 28.3 Å². The van der Waals surface area contributed by atoms with Gasteiger partial charge in [-0.3, -0.25) is 4.79 Å². The highest BCUT2D eigenvalue weighted by molar-refractivity contribution is 9.11. The molecule has 1 aliphatic rings. The third kappa shape index (κ3) is 3.14. The van der Waals surface area contributed by atoms with Crippen LogP contribution < -0.4 is 4.74 Å². The first kappa shape index (κ1) is 14.9. The van der Waals surface area contributed by atoms with Crippen molar-refractivity contribution in [1.29, 1.82) is 0 Å². The van der Waals surface area contributed by atoms with Crippen LogP contribution in [0.4, 0.5) is 0 Å². The van der Waals surface area contributed by atoms with Crippen LogP contribution in [0.1, 0.15) is 36.5 Å². The normalized spacial score (nSPS) is 19.4. The molecule has 19 heavy (non-hydrogen) atoms. The zero-order valence-electron chi connectivity index (χ0n) is 11.1. The number of carbonyl (C=O) groups is 1. The van der Waals surface area contributed by atoms with Gasteiger partial charge in [-0.05, 0) is 54.2 Å². The minimum absolute atomic E-state index is 0.0473. The highest BCUT2D eigenvalue weighted by Gasteiger charge is 2.27. The van der Waals surface area contributed by atoms with Crippen molar-refractivity contribution < 1.29 is 9.53 Å². The van der Waals surface area contributed by atoms with E-state index in [4.69, 9.17) is 4.74 Å². The molecule has 1 aliphatic heterocycles. The van der Waals surface area contributed by atoms with Crippen LogP contribution in [-0.4, -0.2) is 30.5 Å². The topological polar surface area (TPSA) is 29.5 Å². The lowest BCUT2D eigenvalue weighted by Crippen LogP contribution is -2.42. The van der Waals surface area contributed by atoms with Gasteiger partial charge < -0.3 is 9.64 Å². The van der Waals surface area contributed by atoms with Crippen LogP contribution >= 0.6 is 31.9 Å². The Hall–Kier alpha value is -0.550. The van der Waals surface area contributed by atoms with E-state index in [2.05, 4.69) is 38.8 Å². The molecule has 3 nitrogen and oxygen atoms in total. The van der Waals surface area contributed by atoms with Gasteiger partial charge in [0.05, 0.1) is 17.1 Å². The quantitative estimate of drug-likeness (QED) is 0.755. The van der Waals surface area contributed by atoms with Crippen molar-refractivity contribution >= 4 is 37.8 Å². The molecule has 1 heterocycles. The third-order valence-electron chi connectivity index (χ3n) is 3.51. The number of ether oxygens (including phenoxy) is 1. The second kappa shape index (κ2) is 6.27. The van der Waals surface area contributed by atoms with Gasteiger partial charge in [-0.2, -0.15) is 0 Å². The number of likely N-dealkylation sites (tertiary alicyclic amines) is 1. The Balaban J connectivity index is 2.37. The Morgan fingerprint density at radius 1 is 1.37 bits per heavy atom. The summed E-state index contributed by atoms with van der Waals surface area (Å²) in [7, 11) is 1.59. The van der Waals surface area contributed by atoms with Gasteiger partial charge in [-0.1, -0.05) is 15.9 Å². The van der Waals surface area contributed by atoms with Crippen molar-refractivity contribution in [3.8, 4) is 5.75 Å². The zero-order chi connectivity index (χ0) is 14.0. The van der Waals surface area contributed by atoms with Crippen LogP contribution in [0.3, 0.4) is 0 Å². The number of rotatable bonds is 2. The molecule has 1 aromatic carbocycles. The molecule has 1 amide bonds. The van der Waals surface area contributed by atoms with Crippen molar-refractivity contribution in [1.82, 2.24) is 4.90 Å². The summed E-state index contributed by atoms with van der Waals surface area (Å²) in [5.41, 5.74) is 0.609. The van der Waals surface area contributed by atoms with Crippen molar-refractivity contribution in [3.63, 3.8) is 0 Å². The first-order chi connectivity index (χ1) is 9.04. The van der Waals surface area contributed by atoms with E-state index in [1.807, 2.05) is 17.0 Å². The summed E-state index contributed by atoms with van der Waals surface area (Å²) in [6.07, 6.45) is 3.35. The second-order valence-corrected chi connectivity index (χ2v) is 6.58. The predicted molar refractivity (Wildman–Crippen MR) is 82.7 cm³/mol. The summed E-state index contributed by atoms with van der Waals surface area (Å²) < 4.78 is 7.02. The molecule has 0 N–H and O–H groups in total. The van der Waals surface area contributed by atoms with Crippen LogP contribution in [0.5, 0.6) is 5.75 Å². The van der Waals surface area contributed by atoms with E-state index in [-0.39, 0.29) is 5.91 Å². The van der Waals surface area contributed by atoms with Crippen molar-refractivity contribution in [2.45, 2.75) is 32.2 Å². The number of amides is 1. The lowest BCUT2D eigenvalue weighted by Gasteiger charge is -2.33. The summed E-state index contributed by atoms with van der Waals surface area (Å²) in [6, 6.07) is 4.01. The molecule has 1 atom stereocenters. The van der Waals surface area contributed by atoms with Gasteiger partial charge in [-0.25, -0.2) is 0 Å². The Kier molecular flexibility index (Phi) is 4.90. The van der Waals surface area contributed by atoms with E-state index in [1.165, 1.54) is 6.42 Å². The molecule has 1 fully saturated rings. The average molecular weight is 391 g/mol. The molecule has 104 valence electrons. The predicted octanol–water partition coefficient (Wildman–Crippen LogP) is 4.23. The standard InChI is InChI=1S/C14H17Br2NO2/c1-9-5-3-4-6-17(9)14(18)11-7-10(15)8-12(16)13(11)19-2/h7-9H,3-6H2,1-2H3. The molecule has 2 rings (SSSR count). The summed E-state index contributed by atoms with van der Waals surface area (Å²) >= 11 is 6.87. The SMILES string of the molecule is COc1c(Br)cc(Br)cc1C(=O)N1CCCCC1C. The number of halogens is 2. The molecule has 1 aromatic rings. The molecule has 1 saturated heterocycles. The lowest BCUT2D eigenvalue weighted by atomic mass is 10.0. The number of carbonyl (C=O) groups excluding carboxylic acids is 1. The van der Waals surface area contributed by atoms with Crippen LogP contribution in [0.25, 0.3) is 0 Å². The van der Waals surface area contributed by atoms with E-state index < -0.39 is 0 Å². The minimum atomic E-state index is 0.0473. The smallest absolute Gasteiger partial charge is 0.257 e. The maximum Gasteiger partial charge on any atom is 0.257 e. The Bertz CT molecular complexity index is 491. The number of hydrogen-bond acceptors (Lipinski definition) is 2. The Labute approximate surface area is 130 Å². The monoisotopic (exact) mass is 389 g/mol. The third-order valence-corrected chi connectivity index (χ3v) is 4.55. The molecular weight excluding hydrogens is 374 g/mol. The highest BCUT2D eigenvalue weighted by Crippen LogP contribution is 2.34. The van der Waals surface area contributed by atoms with Crippen LogP contribution in [-0.2, 0) is 0 Å². The Morgan fingerprint density at radius 3 is 2.74 bits per heavy atom. The van der Waals surface area contributed by atoms with Crippen LogP contribution in [0.2, 0.25) is 0 Å². The summed E-state index contributed by atoms with van der Waals surface area (Å²) in [5.74, 6) is 0.650. The molecule has 5 heteroatoms. The first-order valence-corrected chi connectivity index (χ1v) is 7.97. The van der Waals surface area contributed by atoms with E-state index in [9.17, 15) is 4.79 Å². The fraction of sp³-hybridized carbons (Fsp3) is 0.500. The molecule has 0 radical (unpaired) electrons. The Morgan fingerprint density at radius 2 is 2.11 bits per heavy atom. The molecule has 1 unspecified atom stereocenters. The second-order valence-electron chi connectivity index (χ2n) is 4.81. The number of hydrogen-bond donors (Lipinski definition) is 0. The van der Waals surface area contributed by atoms with Crippen molar-refractivity contribution in [3.05, 3.63) is 26.6 Å². The largest absolute Gasteiger partial charge is 0.495 e. The lowest BCUT2D eigenvalue weighted by molar-refractivity contribution is 0.0632. The highest BCUT2D eigenvalue weighted by atomic mass is 79.9. The molecular formula is C14H17Br2NO2. The summed E-state index contributed by atoms with van der Waals surface area (Å²) in [5, 5.41) is 0. The molecule has 0 aliphatic carbocycles. The van der Waals surface area contributed by atoms with Gasteiger partial charge in [0.1, 0.15) is 5.75 Å².